The van der Waals surface area contributed by atoms with Gasteiger partial charge in [0.05, 0.1) is 5.69 Å². The number of nitrogens with one attached hydrogen (secondary N) is 2. The van der Waals surface area contributed by atoms with Crippen LogP contribution in [0.2, 0.25) is 0 Å². The number of aromatic amines is 1. The standard InChI is InChI=1S/C11H10N2O2/c14-10-6-2-1-4-8(10)13-11(15)9-5-3-7-12-9/h1-7,12,14H,(H,13,15). The first-order valence-corrected chi connectivity index (χ1v) is 4.50. The topological polar surface area (TPSA) is 65.1 Å². The van der Waals surface area contributed by atoms with E-state index in [1.165, 1.54) is 6.07 Å². The van der Waals surface area contributed by atoms with Gasteiger partial charge in [-0.1, -0.05) is 12.1 Å². The number of benzene rings is 1. The van der Waals surface area contributed by atoms with Gasteiger partial charge in [0.1, 0.15) is 11.4 Å². The van der Waals surface area contributed by atoms with Gasteiger partial charge in [-0.15, -0.1) is 0 Å². The normalized spacial score (nSPS) is 9.87. The molecule has 1 aromatic heterocycles. The van der Waals surface area contributed by atoms with Crippen LogP contribution in [-0.2, 0) is 0 Å². The van der Waals surface area contributed by atoms with Gasteiger partial charge in [0.15, 0.2) is 0 Å². The highest BCUT2D eigenvalue weighted by atomic mass is 16.3. The Labute approximate surface area is 86.6 Å². The minimum absolute atomic E-state index is 0.0532. The van der Waals surface area contributed by atoms with Crippen LogP contribution in [0, 0.1) is 0 Å². The summed E-state index contributed by atoms with van der Waals surface area (Å²) < 4.78 is 0. The average molecular weight is 202 g/mol. The summed E-state index contributed by atoms with van der Waals surface area (Å²) in [6.07, 6.45) is 1.67. The van der Waals surface area contributed by atoms with Gasteiger partial charge >= 0.3 is 0 Å². The first kappa shape index (κ1) is 9.33. The fraction of sp³-hybridized carbons (Fsp3) is 0. The van der Waals surface area contributed by atoms with Crippen LogP contribution in [0.1, 0.15) is 10.5 Å². The minimum atomic E-state index is -0.276. The lowest BCUT2D eigenvalue weighted by molar-refractivity contribution is 0.102. The highest BCUT2D eigenvalue weighted by Crippen LogP contribution is 2.21. The van der Waals surface area contributed by atoms with Gasteiger partial charge in [-0.25, -0.2) is 0 Å². The van der Waals surface area contributed by atoms with Gasteiger partial charge in [0, 0.05) is 6.20 Å². The largest absolute Gasteiger partial charge is 0.506 e. The summed E-state index contributed by atoms with van der Waals surface area (Å²) in [6, 6.07) is 9.99. The molecule has 15 heavy (non-hydrogen) atoms. The number of carbonyl (C=O) groups is 1. The highest BCUT2D eigenvalue weighted by molar-refractivity contribution is 6.03. The van der Waals surface area contributed by atoms with E-state index in [-0.39, 0.29) is 11.7 Å². The van der Waals surface area contributed by atoms with Crippen LogP contribution >= 0.6 is 0 Å². The average Bonchev–Trinajstić information content (AvgIpc) is 2.74. The summed E-state index contributed by atoms with van der Waals surface area (Å²) in [5.41, 5.74) is 0.857. The summed E-state index contributed by atoms with van der Waals surface area (Å²) in [7, 11) is 0. The first-order valence-electron chi connectivity index (χ1n) is 4.50. The molecule has 4 nitrogen and oxygen atoms in total. The van der Waals surface area contributed by atoms with Gasteiger partial charge < -0.3 is 15.4 Å². The molecule has 76 valence electrons. The van der Waals surface area contributed by atoms with Gasteiger partial charge in [-0.2, -0.15) is 0 Å². The van der Waals surface area contributed by atoms with Crippen LogP contribution < -0.4 is 5.32 Å². The van der Waals surface area contributed by atoms with Crippen LogP contribution in [0.3, 0.4) is 0 Å². The Bertz CT molecular complexity index is 463. The Kier molecular flexibility index (Phi) is 2.41. The highest BCUT2D eigenvalue weighted by Gasteiger charge is 2.07. The van der Waals surface area contributed by atoms with E-state index >= 15 is 0 Å². The lowest BCUT2D eigenvalue weighted by atomic mass is 10.3. The monoisotopic (exact) mass is 202 g/mol. The zero-order chi connectivity index (χ0) is 10.7. The third-order valence-electron chi connectivity index (χ3n) is 1.99. The third-order valence-corrected chi connectivity index (χ3v) is 1.99. The predicted molar refractivity (Wildman–Crippen MR) is 56.9 cm³/mol. The molecule has 0 atom stereocenters. The lowest BCUT2D eigenvalue weighted by Gasteiger charge is -2.05. The summed E-state index contributed by atoms with van der Waals surface area (Å²) in [4.78, 5) is 14.4. The minimum Gasteiger partial charge on any atom is -0.506 e. The van der Waals surface area contributed by atoms with Crippen molar-refractivity contribution in [2.75, 3.05) is 5.32 Å². The van der Waals surface area contributed by atoms with Crippen molar-refractivity contribution < 1.29 is 9.90 Å². The Morgan fingerprint density at radius 2 is 2.00 bits per heavy atom. The maximum absolute atomic E-state index is 11.6. The van der Waals surface area contributed by atoms with Crippen molar-refractivity contribution in [2.24, 2.45) is 0 Å². The number of carbonyl (C=O) groups excluding carboxylic acids is 1. The molecule has 4 heteroatoms. The smallest absolute Gasteiger partial charge is 0.272 e. The van der Waals surface area contributed by atoms with Crippen molar-refractivity contribution in [2.45, 2.75) is 0 Å². The molecule has 0 fully saturated rings. The molecule has 1 heterocycles. The summed E-state index contributed by atoms with van der Waals surface area (Å²) in [5, 5.41) is 12.0. The van der Waals surface area contributed by atoms with E-state index in [2.05, 4.69) is 10.3 Å². The Morgan fingerprint density at radius 3 is 2.67 bits per heavy atom. The number of para-hydroxylation sites is 2. The Morgan fingerprint density at radius 1 is 1.20 bits per heavy atom. The first-order chi connectivity index (χ1) is 7.27. The number of rotatable bonds is 2. The maximum atomic E-state index is 11.6. The fourth-order valence-electron chi connectivity index (χ4n) is 1.24. The van der Waals surface area contributed by atoms with Crippen molar-refractivity contribution in [1.29, 1.82) is 0 Å². The van der Waals surface area contributed by atoms with Crippen LogP contribution in [0.4, 0.5) is 5.69 Å². The van der Waals surface area contributed by atoms with E-state index < -0.39 is 0 Å². The zero-order valence-corrected chi connectivity index (χ0v) is 7.90. The van der Waals surface area contributed by atoms with E-state index in [1.807, 2.05) is 0 Å². The SMILES string of the molecule is O=C(Nc1ccccc1O)c1ccc[nH]1. The molecule has 0 radical (unpaired) electrons. The maximum Gasteiger partial charge on any atom is 0.272 e. The van der Waals surface area contributed by atoms with Crippen LogP contribution in [-0.4, -0.2) is 16.0 Å². The van der Waals surface area contributed by atoms with Gasteiger partial charge in [0.2, 0.25) is 0 Å². The molecule has 0 saturated carbocycles. The third kappa shape index (κ3) is 1.99. The van der Waals surface area contributed by atoms with Gasteiger partial charge in [0.25, 0.3) is 5.91 Å². The molecule has 0 saturated heterocycles. The van der Waals surface area contributed by atoms with Crippen LogP contribution in [0.5, 0.6) is 5.75 Å². The number of aromatic nitrogens is 1. The molecule has 0 aliphatic carbocycles. The predicted octanol–water partition coefficient (Wildman–Crippen LogP) is 1.97. The van der Waals surface area contributed by atoms with Crippen LogP contribution in [0.25, 0.3) is 0 Å². The molecule has 0 bridgehead atoms. The molecule has 1 amide bonds. The van der Waals surface area contributed by atoms with E-state index in [1.54, 1.807) is 36.5 Å². The molecule has 3 N–H and O–H groups in total. The van der Waals surface area contributed by atoms with E-state index in [9.17, 15) is 9.90 Å². The fourth-order valence-corrected chi connectivity index (χ4v) is 1.24. The number of amides is 1. The molecule has 0 spiro atoms. The molecular formula is C11H10N2O2. The Balaban J connectivity index is 2.17. The second-order valence-electron chi connectivity index (χ2n) is 3.06. The zero-order valence-electron chi connectivity index (χ0n) is 7.90. The van der Waals surface area contributed by atoms with Crippen molar-refractivity contribution >= 4 is 11.6 Å². The van der Waals surface area contributed by atoms with Crippen molar-refractivity contribution in [1.82, 2.24) is 4.98 Å². The summed E-state index contributed by atoms with van der Waals surface area (Å²) >= 11 is 0. The summed E-state index contributed by atoms with van der Waals surface area (Å²) in [6.45, 7) is 0. The van der Waals surface area contributed by atoms with Crippen molar-refractivity contribution in [3.05, 3.63) is 48.3 Å². The van der Waals surface area contributed by atoms with Crippen LogP contribution in [0.15, 0.2) is 42.6 Å². The number of phenols is 1. The lowest BCUT2D eigenvalue weighted by Crippen LogP contribution is -2.12. The van der Waals surface area contributed by atoms with Crippen molar-refractivity contribution in [3.63, 3.8) is 0 Å². The molecule has 1 aromatic carbocycles. The number of anilines is 1. The number of phenolic OH excluding ortho intramolecular Hbond substituents is 1. The van der Waals surface area contributed by atoms with Gasteiger partial charge in [-0.3, -0.25) is 4.79 Å². The van der Waals surface area contributed by atoms with Gasteiger partial charge in [-0.05, 0) is 24.3 Å². The summed E-state index contributed by atoms with van der Waals surface area (Å²) in [5.74, 6) is -0.223. The molecule has 2 rings (SSSR count). The molecule has 0 aliphatic rings. The number of aromatic hydroxyl groups is 1. The van der Waals surface area contributed by atoms with E-state index in [0.717, 1.165) is 0 Å². The molecule has 2 aromatic rings. The Hall–Kier alpha value is -2.23. The molecular weight excluding hydrogens is 192 g/mol. The number of hydrogen-bond donors (Lipinski definition) is 3. The van der Waals surface area contributed by atoms with Crippen molar-refractivity contribution in [3.8, 4) is 5.75 Å². The second-order valence-corrected chi connectivity index (χ2v) is 3.06. The number of hydrogen-bond acceptors (Lipinski definition) is 2. The van der Waals surface area contributed by atoms with E-state index in [4.69, 9.17) is 0 Å². The molecule has 0 unspecified atom stereocenters. The quantitative estimate of drug-likeness (QED) is 0.652. The molecule has 0 aliphatic heterocycles. The van der Waals surface area contributed by atoms with E-state index in [0.29, 0.717) is 11.4 Å². The second kappa shape index (κ2) is 3.88. The number of H-pyrrole nitrogens is 1.